The highest BCUT2D eigenvalue weighted by molar-refractivity contribution is 5.78. The molecule has 0 aromatic heterocycles. The van der Waals surface area contributed by atoms with Crippen molar-refractivity contribution in [2.45, 2.75) is 26.8 Å². The number of carbonyl (C=O) groups excluding carboxylic acids is 1. The summed E-state index contributed by atoms with van der Waals surface area (Å²) in [4.78, 5) is 13.7. The maximum Gasteiger partial charge on any atom is 0.234 e. The Balaban J connectivity index is 2.50. The molecule has 0 aliphatic rings. The third-order valence-electron chi connectivity index (χ3n) is 3.11. The van der Waals surface area contributed by atoms with Gasteiger partial charge in [0.1, 0.15) is 5.82 Å². The van der Waals surface area contributed by atoms with Crippen LogP contribution in [0.5, 0.6) is 0 Å². The maximum atomic E-state index is 12.9. The van der Waals surface area contributed by atoms with Crippen molar-refractivity contribution in [2.24, 2.45) is 5.92 Å². The Labute approximate surface area is 114 Å². The van der Waals surface area contributed by atoms with E-state index in [9.17, 15) is 9.18 Å². The lowest BCUT2D eigenvalue weighted by molar-refractivity contribution is -0.122. The van der Waals surface area contributed by atoms with E-state index in [1.165, 1.54) is 12.1 Å². The molecule has 1 amide bonds. The Morgan fingerprint density at radius 1 is 1.26 bits per heavy atom. The summed E-state index contributed by atoms with van der Waals surface area (Å²) in [6.07, 6.45) is 0. The summed E-state index contributed by atoms with van der Waals surface area (Å²) in [5, 5.41) is 2.89. The van der Waals surface area contributed by atoms with Crippen molar-refractivity contribution >= 4 is 5.91 Å². The number of halogens is 1. The summed E-state index contributed by atoms with van der Waals surface area (Å²) in [5.74, 6) is 0.224. The van der Waals surface area contributed by atoms with Crippen LogP contribution in [0.25, 0.3) is 0 Å². The minimum Gasteiger partial charge on any atom is -0.355 e. The minimum absolute atomic E-state index is 0.0187. The van der Waals surface area contributed by atoms with Crippen molar-refractivity contribution in [3.8, 4) is 0 Å². The first-order valence-corrected chi connectivity index (χ1v) is 6.62. The monoisotopic (exact) mass is 266 g/mol. The predicted molar refractivity (Wildman–Crippen MR) is 75.3 cm³/mol. The van der Waals surface area contributed by atoms with E-state index in [1.54, 1.807) is 12.1 Å². The number of carbonyl (C=O) groups is 1. The normalized spacial score (nSPS) is 12.8. The van der Waals surface area contributed by atoms with Gasteiger partial charge in [0.25, 0.3) is 0 Å². The molecule has 0 aliphatic carbocycles. The second-order valence-electron chi connectivity index (χ2n) is 5.34. The Morgan fingerprint density at radius 2 is 1.84 bits per heavy atom. The van der Waals surface area contributed by atoms with Gasteiger partial charge in [-0.3, -0.25) is 9.69 Å². The van der Waals surface area contributed by atoms with Crippen LogP contribution < -0.4 is 5.32 Å². The Hall–Kier alpha value is -1.42. The van der Waals surface area contributed by atoms with Gasteiger partial charge in [-0.15, -0.1) is 0 Å². The number of likely N-dealkylation sites (N-methyl/N-ethyl adjacent to an activating group) is 1. The fourth-order valence-electron chi connectivity index (χ4n) is 1.73. The van der Waals surface area contributed by atoms with Crippen molar-refractivity contribution in [1.82, 2.24) is 10.2 Å². The molecule has 0 aliphatic heterocycles. The number of benzene rings is 1. The summed E-state index contributed by atoms with van der Waals surface area (Å²) >= 11 is 0. The van der Waals surface area contributed by atoms with Gasteiger partial charge >= 0.3 is 0 Å². The average Bonchev–Trinajstić information content (AvgIpc) is 2.36. The first-order chi connectivity index (χ1) is 8.90. The van der Waals surface area contributed by atoms with E-state index in [-0.39, 0.29) is 17.8 Å². The molecule has 0 fully saturated rings. The molecule has 1 rings (SSSR count). The summed E-state index contributed by atoms with van der Waals surface area (Å²) in [6.45, 7) is 7.15. The molecule has 1 aromatic rings. The lowest BCUT2D eigenvalue weighted by atomic mass is 10.1. The number of hydrogen-bond donors (Lipinski definition) is 1. The van der Waals surface area contributed by atoms with E-state index in [1.807, 2.05) is 18.9 Å². The molecule has 0 heterocycles. The van der Waals surface area contributed by atoms with E-state index in [0.29, 0.717) is 19.0 Å². The molecule has 19 heavy (non-hydrogen) atoms. The fraction of sp³-hybridized carbons (Fsp3) is 0.533. The molecule has 1 atom stereocenters. The summed E-state index contributed by atoms with van der Waals surface area (Å²) in [7, 11) is 1.89. The first kappa shape index (κ1) is 15.6. The highest BCUT2D eigenvalue weighted by atomic mass is 19.1. The van der Waals surface area contributed by atoms with Crippen LogP contribution in [0.2, 0.25) is 0 Å². The smallest absolute Gasteiger partial charge is 0.234 e. The summed E-state index contributed by atoms with van der Waals surface area (Å²) in [6, 6.07) is 6.47. The topological polar surface area (TPSA) is 32.3 Å². The minimum atomic E-state index is -0.242. The highest BCUT2D eigenvalue weighted by Crippen LogP contribution is 2.18. The molecule has 4 heteroatoms. The molecule has 0 bridgehead atoms. The van der Waals surface area contributed by atoms with Crippen molar-refractivity contribution < 1.29 is 9.18 Å². The first-order valence-electron chi connectivity index (χ1n) is 6.62. The van der Waals surface area contributed by atoms with Crippen LogP contribution in [-0.2, 0) is 4.79 Å². The van der Waals surface area contributed by atoms with E-state index in [0.717, 1.165) is 5.56 Å². The molecule has 1 N–H and O–H groups in total. The molecule has 0 radical (unpaired) electrons. The van der Waals surface area contributed by atoms with Crippen molar-refractivity contribution in [2.75, 3.05) is 20.1 Å². The second kappa shape index (κ2) is 7.24. The Bertz CT molecular complexity index is 403. The lowest BCUT2D eigenvalue weighted by Crippen LogP contribution is -2.37. The third kappa shape index (κ3) is 5.39. The zero-order chi connectivity index (χ0) is 14.4. The van der Waals surface area contributed by atoms with E-state index in [2.05, 4.69) is 19.2 Å². The molecule has 0 saturated carbocycles. The Morgan fingerprint density at radius 3 is 2.37 bits per heavy atom. The molecular formula is C15H23FN2O. The summed E-state index contributed by atoms with van der Waals surface area (Å²) in [5.41, 5.74) is 1.00. The molecule has 1 aromatic carbocycles. The van der Waals surface area contributed by atoms with Crippen molar-refractivity contribution in [3.63, 3.8) is 0 Å². The molecule has 0 spiro atoms. The SMILES string of the molecule is CC(C)CNC(=O)CN(C)C(C)c1ccc(F)cc1. The van der Waals surface area contributed by atoms with Crippen molar-refractivity contribution in [1.29, 1.82) is 0 Å². The zero-order valence-electron chi connectivity index (χ0n) is 12.1. The zero-order valence-corrected chi connectivity index (χ0v) is 12.1. The number of rotatable bonds is 6. The van der Waals surface area contributed by atoms with Gasteiger partial charge in [0.2, 0.25) is 5.91 Å². The Kier molecular flexibility index (Phi) is 5.96. The largest absolute Gasteiger partial charge is 0.355 e. The van der Waals surface area contributed by atoms with E-state index < -0.39 is 0 Å². The van der Waals surface area contributed by atoms with Gasteiger partial charge in [-0.25, -0.2) is 4.39 Å². The maximum absolute atomic E-state index is 12.9. The van der Waals surface area contributed by atoms with Crippen LogP contribution in [-0.4, -0.2) is 30.9 Å². The predicted octanol–water partition coefficient (Wildman–Crippen LogP) is 2.59. The quantitative estimate of drug-likeness (QED) is 0.858. The van der Waals surface area contributed by atoms with Crippen LogP contribution in [0.1, 0.15) is 32.4 Å². The molecule has 0 saturated heterocycles. The standard InChI is InChI=1S/C15H23FN2O/c1-11(2)9-17-15(19)10-18(4)12(3)13-5-7-14(16)8-6-13/h5-8,11-12H,9-10H2,1-4H3,(H,17,19). The van der Waals surface area contributed by atoms with Gasteiger partial charge in [0.05, 0.1) is 6.54 Å². The number of amides is 1. The summed E-state index contributed by atoms with van der Waals surface area (Å²) < 4.78 is 12.9. The highest BCUT2D eigenvalue weighted by Gasteiger charge is 2.14. The number of nitrogens with zero attached hydrogens (tertiary/aromatic N) is 1. The average molecular weight is 266 g/mol. The van der Waals surface area contributed by atoms with Gasteiger partial charge < -0.3 is 5.32 Å². The molecule has 106 valence electrons. The van der Waals surface area contributed by atoms with Crippen LogP contribution in [0, 0.1) is 11.7 Å². The van der Waals surface area contributed by atoms with Gasteiger partial charge in [-0.2, -0.15) is 0 Å². The second-order valence-corrected chi connectivity index (χ2v) is 5.34. The van der Waals surface area contributed by atoms with Crippen LogP contribution in [0.15, 0.2) is 24.3 Å². The van der Waals surface area contributed by atoms with Gasteiger partial charge in [0, 0.05) is 12.6 Å². The number of nitrogens with one attached hydrogen (secondary N) is 1. The molecular weight excluding hydrogens is 243 g/mol. The number of hydrogen-bond acceptors (Lipinski definition) is 2. The van der Waals surface area contributed by atoms with Crippen molar-refractivity contribution in [3.05, 3.63) is 35.6 Å². The van der Waals surface area contributed by atoms with Crippen LogP contribution in [0.3, 0.4) is 0 Å². The van der Waals surface area contributed by atoms with Gasteiger partial charge in [0.15, 0.2) is 0 Å². The van der Waals surface area contributed by atoms with E-state index >= 15 is 0 Å². The lowest BCUT2D eigenvalue weighted by Gasteiger charge is -2.24. The van der Waals surface area contributed by atoms with Crippen LogP contribution >= 0.6 is 0 Å². The molecule has 1 unspecified atom stereocenters. The molecule has 3 nitrogen and oxygen atoms in total. The third-order valence-corrected chi connectivity index (χ3v) is 3.11. The van der Waals surface area contributed by atoms with Gasteiger partial charge in [-0.05, 0) is 37.6 Å². The van der Waals surface area contributed by atoms with Crippen LogP contribution in [0.4, 0.5) is 4.39 Å². The fourth-order valence-corrected chi connectivity index (χ4v) is 1.73. The van der Waals surface area contributed by atoms with Gasteiger partial charge in [-0.1, -0.05) is 26.0 Å². The van der Waals surface area contributed by atoms with E-state index in [4.69, 9.17) is 0 Å².